The van der Waals surface area contributed by atoms with E-state index in [2.05, 4.69) is 25.5 Å². The van der Waals surface area contributed by atoms with Crippen LogP contribution in [0.1, 0.15) is 47.1 Å². The Balaban J connectivity index is 2.57. The maximum Gasteiger partial charge on any atom is 0.0973 e. The van der Waals surface area contributed by atoms with Gasteiger partial charge in [0.25, 0.3) is 0 Å². The third-order valence-electron chi connectivity index (χ3n) is 3.25. The molecular formula is C17H29NO2S. The maximum atomic E-state index is 12.3. The Labute approximate surface area is 132 Å². The smallest absolute Gasteiger partial charge is 0.0973 e. The molecule has 3 nitrogen and oxygen atoms in total. The summed E-state index contributed by atoms with van der Waals surface area (Å²) in [6.07, 6.45) is 0. The molecule has 0 spiro atoms. The van der Waals surface area contributed by atoms with Crippen LogP contribution in [-0.4, -0.2) is 21.6 Å². The van der Waals surface area contributed by atoms with Crippen LogP contribution in [0.5, 0.6) is 0 Å². The minimum absolute atomic E-state index is 0.0163. The van der Waals surface area contributed by atoms with Crippen molar-refractivity contribution in [1.29, 1.82) is 0 Å². The fraction of sp³-hybridized carbons (Fsp3) is 0.647. The summed E-state index contributed by atoms with van der Waals surface area (Å²) in [6, 6.07) is 10.1. The largest absolute Gasteiger partial charge is 0.375 e. The molecule has 120 valence electrons. The highest BCUT2D eigenvalue weighted by Gasteiger charge is 2.30. The first-order chi connectivity index (χ1) is 9.60. The van der Waals surface area contributed by atoms with Crippen molar-refractivity contribution in [2.45, 2.75) is 58.9 Å². The number of rotatable bonds is 6. The van der Waals surface area contributed by atoms with Crippen molar-refractivity contribution in [3.8, 4) is 0 Å². The van der Waals surface area contributed by atoms with E-state index in [9.17, 15) is 4.21 Å². The Morgan fingerprint density at radius 2 is 1.67 bits per heavy atom. The monoisotopic (exact) mass is 311 g/mol. The van der Waals surface area contributed by atoms with E-state index in [1.807, 2.05) is 51.1 Å². The van der Waals surface area contributed by atoms with E-state index >= 15 is 0 Å². The Morgan fingerprint density at radius 3 is 2.14 bits per heavy atom. The molecule has 21 heavy (non-hydrogen) atoms. The lowest BCUT2D eigenvalue weighted by Crippen LogP contribution is -2.48. The van der Waals surface area contributed by atoms with Crippen LogP contribution in [0, 0.1) is 5.41 Å². The molecule has 0 saturated carbocycles. The number of benzene rings is 1. The molecule has 0 aliphatic carbocycles. The highest BCUT2D eigenvalue weighted by Crippen LogP contribution is 2.22. The van der Waals surface area contributed by atoms with E-state index in [1.54, 1.807) is 0 Å². The van der Waals surface area contributed by atoms with Crippen molar-refractivity contribution in [3.63, 3.8) is 0 Å². The highest BCUT2D eigenvalue weighted by molar-refractivity contribution is 7.84. The van der Waals surface area contributed by atoms with Gasteiger partial charge in [-0.3, -0.25) is 0 Å². The number of ether oxygens (including phenoxy) is 1. The van der Waals surface area contributed by atoms with E-state index < -0.39 is 11.0 Å². The van der Waals surface area contributed by atoms with Crippen molar-refractivity contribution >= 4 is 11.0 Å². The van der Waals surface area contributed by atoms with Crippen molar-refractivity contribution < 1.29 is 8.95 Å². The molecule has 0 radical (unpaired) electrons. The Kier molecular flexibility index (Phi) is 6.57. The van der Waals surface area contributed by atoms with Gasteiger partial charge < -0.3 is 4.74 Å². The number of hydrogen-bond donors (Lipinski definition) is 1. The summed E-state index contributed by atoms with van der Waals surface area (Å²) in [4.78, 5) is 0. The van der Waals surface area contributed by atoms with Gasteiger partial charge in [0.2, 0.25) is 0 Å². The standard InChI is InChI=1S/C17H29NO2S/c1-16(2,3)15(18-21(19)17(4,5)6)13-20-12-14-10-8-7-9-11-14/h7-11,15,18H,12-13H2,1-6H3/t15-,21?/m0/s1. The molecule has 4 heteroatoms. The van der Waals surface area contributed by atoms with Gasteiger partial charge in [0.05, 0.1) is 28.9 Å². The fourth-order valence-electron chi connectivity index (χ4n) is 1.64. The number of nitrogens with one attached hydrogen (secondary N) is 1. The van der Waals surface area contributed by atoms with Gasteiger partial charge in [0.15, 0.2) is 0 Å². The van der Waals surface area contributed by atoms with Gasteiger partial charge in [-0.05, 0) is 31.7 Å². The van der Waals surface area contributed by atoms with Crippen LogP contribution in [0.4, 0.5) is 0 Å². The molecule has 2 atom stereocenters. The zero-order chi connectivity index (χ0) is 16.1. The van der Waals surface area contributed by atoms with E-state index in [0.29, 0.717) is 13.2 Å². The van der Waals surface area contributed by atoms with Crippen LogP contribution < -0.4 is 4.72 Å². The van der Waals surface area contributed by atoms with Gasteiger partial charge in [-0.15, -0.1) is 0 Å². The summed E-state index contributed by atoms with van der Waals surface area (Å²) in [5.41, 5.74) is 1.14. The lowest BCUT2D eigenvalue weighted by molar-refractivity contribution is 0.0738. The summed E-state index contributed by atoms with van der Waals surface area (Å²) in [6.45, 7) is 13.4. The molecule has 0 fully saturated rings. The number of hydrogen-bond acceptors (Lipinski definition) is 2. The van der Waals surface area contributed by atoms with Gasteiger partial charge in [-0.2, -0.15) is 0 Å². The quantitative estimate of drug-likeness (QED) is 0.870. The first-order valence-electron chi connectivity index (χ1n) is 7.40. The average Bonchev–Trinajstić information content (AvgIpc) is 2.36. The third kappa shape index (κ3) is 6.72. The molecule has 1 aromatic carbocycles. The molecule has 0 aliphatic heterocycles. The normalized spacial score (nSPS) is 15.7. The maximum absolute atomic E-state index is 12.3. The Bertz CT molecular complexity index is 446. The molecule has 0 saturated heterocycles. The van der Waals surface area contributed by atoms with E-state index in [-0.39, 0.29) is 16.2 Å². The minimum atomic E-state index is -1.09. The van der Waals surface area contributed by atoms with Gasteiger partial charge >= 0.3 is 0 Å². The summed E-state index contributed by atoms with van der Waals surface area (Å²) >= 11 is 0. The average molecular weight is 311 g/mol. The molecule has 0 aliphatic rings. The topological polar surface area (TPSA) is 38.3 Å². The first-order valence-corrected chi connectivity index (χ1v) is 8.55. The van der Waals surface area contributed by atoms with Gasteiger partial charge in [0.1, 0.15) is 0 Å². The summed E-state index contributed by atoms with van der Waals surface area (Å²) in [5, 5.41) is 0. The molecule has 1 N–H and O–H groups in total. The van der Waals surface area contributed by atoms with Crippen molar-refractivity contribution in [3.05, 3.63) is 35.9 Å². The van der Waals surface area contributed by atoms with Crippen LogP contribution in [0.3, 0.4) is 0 Å². The van der Waals surface area contributed by atoms with Crippen LogP contribution in [0.25, 0.3) is 0 Å². The second-order valence-corrected chi connectivity index (χ2v) is 9.42. The van der Waals surface area contributed by atoms with Crippen LogP contribution in [0.2, 0.25) is 0 Å². The van der Waals surface area contributed by atoms with Gasteiger partial charge in [-0.25, -0.2) is 8.93 Å². The predicted molar refractivity (Wildman–Crippen MR) is 90.4 cm³/mol. The fourth-order valence-corrected chi connectivity index (χ4v) is 2.67. The molecule has 1 aromatic rings. The third-order valence-corrected chi connectivity index (χ3v) is 4.86. The second kappa shape index (κ2) is 7.52. The van der Waals surface area contributed by atoms with Crippen molar-refractivity contribution in [2.75, 3.05) is 6.61 Å². The first kappa shape index (κ1) is 18.3. The Hall–Kier alpha value is -0.710. The van der Waals surface area contributed by atoms with Gasteiger partial charge in [-0.1, -0.05) is 51.1 Å². The summed E-state index contributed by atoms with van der Waals surface area (Å²) < 4.78 is 21.1. The van der Waals surface area contributed by atoms with Crippen molar-refractivity contribution in [2.24, 2.45) is 5.41 Å². The van der Waals surface area contributed by atoms with E-state index in [0.717, 1.165) is 5.56 Å². The van der Waals surface area contributed by atoms with Crippen molar-refractivity contribution in [1.82, 2.24) is 4.72 Å². The molecular weight excluding hydrogens is 282 g/mol. The molecule has 0 heterocycles. The molecule has 1 rings (SSSR count). The highest BCUT2D eigenvalue weighted by atomic mass is 32.2. The van der Waals surface area contributed by atoms with Gasteiger partial charge in [0, 0.05) is 6.04 Å². The molecule has 0 amide bonds. The molecule has 1 unspecified atom stereocenters. The second-order valence-electron chi connectivity index (χ2n) is 7.42. The molecule has 0 bridgehead atoms. The zero-order valence-electron chi connectivity index (χ0n) is 14.1. The zero-order valence-corrected chi connectivity index (χ0v) is 14.9. The lowest BCUT2D eigenvalue weighted by Gasteiger charge is -2.33. The SMILES string of the molecule is CC(C)(C)[C@H](COCc1ccccc1)NS(=O)C(C)(C)C. The summed E-state index contributed by atoms with van der Waals surface area (Å²) in [7, 11) is -1.09. The van der Waals surface area contributed by atoms with Crippen LogP contribution >= 0.6 is 0 Å². The predicted octanol–water partition coefficient (Wildman–Crippen LogP) is 3.67. The molecule has 0 aromatic heterocycles. The van der Waals surface area contributed by atoms with Crippen LogP contribution in [-0.2, 0) is 22.3 Å². The summed E-state index contributed by atoms with van der Waals surface area (Å²) in [5.74, 6) is 0. The van der Waals surface area contributed by atoms with Crippen LogP contribution in [0.15, 0.2) is 30.3 Å². The minimum Gasteiger partial charge on any atom is -0.375 e. The van der Waals surface area contributed by atoms with E-state index in [4.69, 9.17) is 4.74 Å². The van der Waals surface area contributed by atoms with E-state index in [1.165, 1.54) is 0 Å². The lowest BCUT2D eigenvalue weighted by atomic mass is 9.88. The Morgan fingerprint density at radius 1 is 1.10 bits per heavy atom.